The van der Waals surface area contributed by atoms with Gasteiger partial charge in [0.25, 0.3) is 0 Å². The first kappa shape index (κ1) is 15.0. The first-order valence-corrected chi connectivity index (χ1v) is 9.05. The molecule has 114 valence electrons. The second-order valence-corrected chi connectivity index (χ2v) is 7.54. The fourth-order valence-electron chi connectivity index (χ4n) is 3.32. The van der Waals surface area contributed by atoms with Crippen LogP contribution in [0.2, 0.25) is 5.28 Å². The molecule has 0 aromatic carbocycles. The maximum atomic E-state index is 6.13. The average molecular weight is 324 g/mol. The van der Waals surface area contributed by atoms with Gasteiger partial charge in [-0.05, 0) is 49.8 Å². The van der Waals surface area contributed by atoms with Crippen LogP contribution in [0.5, 0.6) is 0 Å². The van der Waals surface area contributed by atoms with Crippen molar-refractivity contribution in [2.45, 2.75) is 46.0 Å². The Kier molecular flexibility index (Phi) is 4.65. The molecule has 0 N–H and O–H groups in total. The second kappa shape index (κ2) is 6.49. The quantitative estimate of drug-likeness (QED) is 0.739. The van der Waals surface area contributed by atoms with Crippen LogP contribution >= 0.6 is 22.9 Å². The van der Waals surface area contributed by atoms with Crippen LogP contribution < -0.4 is 4.90 Å². The Morgan fingerprint density at radius 2 is 2.19 bits per heavy atom. The van der Waals surface area contributed by atoms with Crippen LogP contribution in [0.1, 0.15) is 43.9 Å². The van der Waals surface area contributed by atoms with E-state index in [4.69, 9.17) is 11.6 Å². The first-order chi connectivity index (χ1) is 10.2. The number of hydrogen-bond donors (Lipinski definition) is 0. The molecule has 1 aliphatic rings. The molecule has 2 aromatic heterocycles. The zero-order chi connectivity index (χ0) is 14.8. The van der Waals surface area contributed by atoms with Gasteiger partial charge in [-0.2, -0.15) is 4.98 Å². The lowest BCUT2D eigenvalue weighted by molar-refractivity contribution is 0.435. The average Bonchev–Trinajstić information content (AvgIpc) is 2.67. The van der Waals surface area contributed by atoms with E-state index in [1.54, 1.807) is 11.3 Å². The smallest absolute Gasteiger partial charge is 0.225 e. The van der Waals surface area contributed by atoms with Gasteiger partial charge in [-0.1, -0.05) is 19.8 Å². The highest BCUT2D eigenvalue weighted by Crippen LogP contribution is 2.33. The predicted octanol–water partition coefficient (Wildman–Crippen LogP) is 5.06. The molecule has 0 bridgehead atoms. The van der Waals surface area contributed by atoms with E-state index in [1.165, 1.54) is 37.0 Å². The largest absolute Gasteiger partial charge is 0.356 e. The van der Waals surface area contributed by atoms with Crippen LogP contribution in [0.4, 0.5) is 5.82 Å². The molecular formula is C16H22ClN3S. The lowest BCUT2D eigenvalue weighted by atomic mass is 9.96. The van der Waals surface area contributed by atoms with Crippen molar-refractivity contribution in [2.24, 2.45) is 5.92 Å². The lowest BCUT2D eigenvalue weighted by Gasteiger charge is -2.22. The van der Waals surface area contributed by atoms with E-state index in [0.29, 0.717) is 5.28 Å². The van der Waals surface area contributed by atoms with Gasteiger partial charge in [-0.25, -0.2) is 4.98 Å². The zero-order valence-corrected chi connectivity index (χ0v) is 14.3. The number of aromatic nitrogens is 2. The van der Waals surface area contributed by atoms with Gasteiger partial charge in [0.05, 0.1) is 5.39 Å². The highest BCUT2D eigenvalue weighted by Gasteiger charge is 2.20. The monoisotopic (exact) mass is 323 g/mol. The zero-order valence-electron chi connectivity index (χ0n) is 12.7. The Morgan fingerprint density at radius 1 is 1.33 bits per heavy atom. The molecule has 1 saturated heterocycles. The van der Waals surface area contributed by atoms with E-state index in [9.17, 15) is 0 Å². The topological polar surface area (TPSA) is 29.0 Å². The Bertz CT molecular complexity index is 625. The Balaban J connectivity index is 1.89. The molecule has 1 fully saturated rings. The minimum absolute atomic E-state index is 0.369. The molecule has 3 heterocycles. The standard InChI is InChI=1S/C16H22ClN3S/c1-3-5-12-6-4-8-20(9-7-12)14-13-10-11(2)21-15(13)19-16(17)18-14/h10,12H,3-9H2,1-2H3. The van der Waals surface area contributed by atoms with Crippen molar-refractivity contribution in [3.8, 4) is 0 Å². The van der Waals surface area contributed by atoms with E-state index in [0.717, 1.165) is 35.0 Å². The van der Waals surface area contributed by atoms with Gasteiger partial charge in [0, 0.05) is 18.0 Å². The summed E-state index contributed by atoms with van der Waals surface area (Å²) in [5.74, 6) is 1.91. The van der Waals surface area contributed by atoms with Crippen molar-refractivity contribution in [1.29, 1.82) is 0 Å². The van der Waals surface area contributed by atoms with Crippen LogP contribution in [0.25, 0.3) is 10.2 Å². The number of thiophene rings is 1. The molecule has 0 amide bonds. The van der Waals surface area contributed by atoms with Crippen LogP contribution in [-0.4, -0.2) is 23.1 Å². The molecule has 1 aliphatic heterocycles. The van der Waals surface area contributed by atoms with Crippen molar-refractivity contribution in [3.05, 3.63) is 16.2 Å². The molecule has 0 saturated carbocycles. The van der Waals surface area contributed by atoms with Crippen molar-refractivity contribution in [3.63, 3.8) is 0 Å². The van der Waals surface area contributed by atoms with E-state index >= 15 is 0 Å². The molecule has 21 heavy (non-hydrogen) atoms. The van der Waals surface area contributed by atoms with Crippen LogP contribution in [-0.2, 0) is 0 Å². The van der Waals surface area contributed by atoms with Gasteiger partial charge in [0.15, 0.2) is 0 Å². The van der Waals surface area contributed by atoms with Gasteiger partial charge in [-0.3, -0.25) is 0 Å². The summed E-state index contributed by atoms with van der Waals surface area (Å²) in [6.45, 7) is 6.56. The molecule has 0 spiro atoms. The van der Waals surface area contributed by atoms with Crippen molar-refractivity contribution in [2.75, 3.05) is 18.0 Å². The third-order valence-corrected chi connectivity index (χ3v) is 5.43. The summed E-state index contributed by atoms with van der Waals surface area (Å²) in [6.07, 6.45) is 6.50. The third-order valence-electron chi connectivity index (χ3n) is 4.31. The van der Waals surface area contributed by atoms with Gasteiger partial charge in [0.1, 0.15) is 10.6 Å². The van der Waals surface area contributed by atoms with Crippen molar-refractivity contribution >= 4 is 39.0 Å². The van der Waals surface area contributed by atoms with Gasteiger partial charge in [0.2, 0.25) is 5.28 Å². The number of fused-ring (bicyclic) bond motifs is 1. The van der Waals surface area contributed by atoms with E-state index in [1.807, 2.05) is 0 Å². The molecule has 3 nitrogen and oxygen atoms in total. The SMILES string of the molecule is CCCC1CCCN(c2nc(Cl)nc3sc(C)cc23)CC1. The maximum absolute atomic E-state index is 6.13. The molecule has 2 aromatic rings. The molecule has 1 unspecified atom stereocenters. The van der Waals surface area contributed by atoms with Crippen LogP contribution in [0.15, 0.2) is 6.07 Å². The number of aryl methyl sites for hydroxylation is 1. The minimum Gasteiger partial charge on any atom is -0.356 e. The van der Waals surface area contributed by atoms with E-state index in [2.05, 4.69) is 34.8 Å². The maximum Gasteiger partial charge on any atom is 0.225 e. The van der Waals surface area contributed by atoms with Crippen LogP contribution in [0.3, 0.4) is 0 Å². The van der Waals surface area contributed by atoms with Crippen LogP contribution in [0, 0.1) is 12.8 Å². The van der Waals surface area contributed by atoms with Gasteiger partial charge < -0.3 is 4.90 Å². The van der Waals surface area contributed by atoms with E-state index in [-0.39, 0.29) is 0 Å². The second-order valence-electron chi connectivity index (χ2n) is 5.96. The molecule has 0 radical (unpaired) electrons. The van der Waals surface area contributed by atoms with Gasteiger partial charge >= 0.3 is 0 Å². The Hall–Kier alpha value is -0.870. The summed E-state index contributed by atoms with van der Waals surface area (Å²) in [5, 5.41) is 1.53. The first-order valence-electron chi connectivity index (χ1n) is 7.86. The summed E-state index contributed by atoms with van der Waals surface area (Å²) in [5.41, 5.74) is 0. The summed E-state index contributed by atoms with van der Waals surface area (Å²) in [7, 11) is 0. The van der Waals surface area contributed by atoms with E-state index < -0.39 is 0 Å². The molecule has 5 heteroatoms. The predicted molar refractivity (Wildman–Crippen MR) is 91.6 cm³/mol. The molecule has 3 rings (SSSR count). The highest BCUT2D eigenvalue weighted by atomic mass is 35.5. The van der Waals surface area contributed by atoms with Crippen molar-refractivity contribution in [1.82, 2.24) is 9.97 Å². The van der Waals surface area contributed by atoms with Crippen molar-refractivity contribution < 1.29 is 0 Å². The summed E-state index contributed by atoms with van der Waals surface area (Å²) >= 11 is 7.83. The lowest BCUT2D eigenvalue weighted by Crippen LogP contribution is -2.25. The normalized spacial score (nSPS) is 20.0. The molecule has 0 aliphatic carbocycles. The summed E-state index contributed by atoms with van der Waals surface area (Å²) in [4.78, 5) is 13.6. The Morgan fingerprint density at radius 3 is 3.00 bits per heavy atom. The number of anilines is 1. The molecular weight excluding hydrogens is 302 g/mol. The number of halogens is 1. The number of rotatable bonds is 3. The summed E-state index contributed by atoms with van der Waals surface area (Å²) in [6, 6.07) is 2.19. The third kappa shape index (κ3) is 3.32. The van der Waals surface area contributed by atoms with Gasteiger partial charge in [-0.15, -0.1) is 11.3 Å². The summed E-state index contributed by atoms with van der Waals surface area (Å²) < 4.78 is 0. The number of nitrogens with zero attached hydrogens (tertiary/aromatic N) is 3. The fourth-order valence-corrected chi connectivity index (χ4v) is 4.41. The molecule has 1 atom stereocenters. The Labute approximate surface area is 135 Å². The highest BCUT2D eigenvalue weighted by molar-refractivity contribution is 7.18. The fraction of sp³-hybridized carbons (Fsp3) is 0.625. The minimum atomic E-state index is 0.369. The number of hydrogen-bond acceptors (Lipinski definition) is 4.